The van der Waals surface area contributed by atoms with E-state index in [0.29, 0.717) is 11.1 Å². The van der Waals surface area contributed by atoms with E-state index in [1.165, 1.54) is 29.6 Å². The molecule has 1 heterocycles. The van der Waals surface area contributed by atoms with Gasteiger partial charge in [-0.2, -0.15) is 5.10 Å². The van der Waals surface area contributed by atoms with E-state index < -0.39 is 4.92 Å². The average molecular weight is 329 g/mol. The molecule has 1 aromatic heterocycles. The molecule has 0 bridgehead atoms. The van der Waals surface area contributed by atoms with Crippen molar-refractivity contribution in [3.63, 3.8) is 0 Å². The second-order valence-corrected chi connectivity index (χ2v) is 6.27. The molecule has 1 aliphatic rings. The first kappa shape index (κ1) is 15.4. The molecule has 23 heavy (non-hydrogen) atoms. The molecule has 6 nitrogen and oxygen atoms in total. The highest BCUT2D eigenvalue weighted by molar-refractivity contribution is 7.10. The molecular weight excluding hydrogens is 314 g/mol. The number of nitrogens with one attached hydrogen (secondary N) is 1. The van der Waals surface area contributed by atoms with E-state index in [4.69, 9.17) is 0 Å². The lowest BCUT2D eigenvalue weighted by atomic mass is 9.96. The summed E-state index contributed by atoms with van der Waals surface area (Å²) >= 11 is 1.63. The van der Waals surface area contributed by atoms with Gasteiger partial charge < -0.3 is 0 Å². The number of carbonyl (C=O) groups excluding carboxylic acids is 1. The number of hydrogen-bond donors (Lipinski definition) is 1. The Morgan fingerprint density at radius 1 is 1.35 bits per heavy atom. The first-order chi connectivity index (χ1) is 11.1. The lowest BCUT2D eigenvalue weighted by molar-refractivity contribution is -0.384. The molecule has 0 atom stereocenters. The summed E-state index contributed by atoms with van der Waals surface area (Å²) in [5.41, 5.74) is 4.89. The van der Waals surface area contributed by atoms with Crippen molar-refractivity contribution < 1.29 is 9.72 Å². The molecule has 1 N–H and O–H groups in total. The molecule has 0 saturated heterocycles. The molecule has 0 unspecified atom stereocenters. The maximum absolute atomic E-state index is 12.2. The van der Waals surface area contributed by atoms with E-state index in [-0.39, 0.29) is 11.6 Å². The monoisotopic (exact) mass is 329 g/mol. The van der Waals surface area contributed by atoms with Gasteiger partial charge in [-0.25, -0.2) is 5.43 Å². The summed E-state index contributed by atoms with van der Waals surface area (Å²) in [6.45, 7) is 0. The van der Waals surface area contributed by atoms with Gasteiger partial charge in [0.05, 0.1) is 16.7 Å². The largest absolute Gasteiger partial charge is 0.272 e. The summed E-state index contributed by atoms with van der Waals surface area (Å²) in [5, 5.41) is 16.5. The van der Waals surface area contributed by atoms with Gasteiger partial charge in [0, 0.05) is 28.0 Å². The normalized spacial score (nSPS) is 13.7. The summed E-state index contributed by atoms with van der Waals surface area (Å²) in [4.78, 5) is 23.8. The van der Waals surface area contributed by atoms with E-state index in [1.54, 1.807) is 23.5 Å². The van der Waals surface area contributed by atoms with Crippen molar-refractivity contribution in [3.05, 3.63) is 61.3 Å². The van der Waals surface area contributed by atoms with Crippen LogP contribution in [0, 0.1) is 10.1 Å². The Hall–Kier alpha value is -2.54. The van der Waals surface area contributed by atoms with Crippen LogP contribution in [-0.4, -0.2) is 17.0 Å². The Morgan fingerprint density at radius 2 is 2.17 bits per heavy atom. The molecule has 0 aliphatic heterocycles. The average Bonchev–Trinajstić information content (AvgIpc) is 2.99. The third kappa shape index (κ3) is 3.45. The summed E-state index contributed by atoms with van der Waals surface area (Å²) in [7, 11) is 0. The van der Waals surface area contributed by atoms with Crippen LogP contribution in [0.5, 0.6) is 0 Å². The molecule has 0 saturated carbocycles. The van der Waals surface area contributed by atoms with Crippen LogP contribution < -0.4 is 5.43 Å². The number of thiophene rings is 1. The number of amides is 1. The van der Waals surface area contributed by atoms with Gasteiger partial charge in [0.2, 0.25) is 0 Å². The van der Waals surface area contributed by atoms with Crippen LogP contribution in [0.25, 0.3) is 0 Å². The summed E-state index contributed by atoms with van der Waals surface area (Å²) in [5.74, 6) is -0.230. The minimum atomic E-state index is -0.465. The SMILES string of the molecule is O=C(NN=Cc1cccc([N+](=O)[O-])c1)c1csc2c1CCCC2. The summed E-state index contributed by atoms with van der Waals surface area (Å²) < 4.78 is 0. The van der Waals surface area contributed by atoms with Crippen molar-refractivity contribution >= 4 is 29.1 Å². The van der Waals surface area contributed by atoms with Crippen LogP contribution in [0.4, 0.5) is 5.69 Å². The third-order valence-electron chi connectivity index (χ3n) is 3.77. The molecule has 0 fully saturated rings. The summed E-state index contributed by atoms with van der Waals surface area (Å²) in [6, 6.07) is 6.08. The van der Waals surface area contributed by atoms with Crippen molar-refractivity contribution in [3.8, 4) is 0 Å². The Bertz CT molecular complexity index is 783. The quantitative estimate of drug-likeness (QED) is 0.530. The number of nitro groups is 1. The van der Waals surface area contributed by atoms with Crippen molar-refractivity contribution in [2.75, 3.05) is 0 Å². The van der Waals surface area contributed by atoms with Gasteiger partial charge in [-0.15, -0.1) is 11.3 Å². The highest BCUT2D eigenvalue weighted by Gasteiger charge is 2.19. The number of hydrazone groups is 1. The molecule has 118 valence electrons. The Morgan fingerprint density at radius 3 is 3.00 bits per heavy atom. The lowest BCUT2D eigenvalue weighted by Crippen LogP contribution is -2.19. The van der Waals surface area contributed by atoms with Gasteiger partial charge in [-0.05, 0) is 31.2 Å². The van der Waals surface area contributed by atoms with Crippen LogP contribution in [-0.2, 0) is 12.8 Å². The fourth-order valence-electron chi connectivity index (χ4n) is 2.63. The Labute approximate surface area is 137 Å². The number of nitrogens with zero attached hydrogens (tertiary/aromatic N) is 2. The first-order valence-corrected chi connectivity index (χ1v) is 8.20. The molecule has 3 rings (SSSR count). The summed E-state index contributed by atoms with van der Waals surface area (Å²) in [6.07, 6.45) is 5.69. The zero-order valence-electron chi connectivity index (χ0n) is 12.3. The van der Waals surface area contributed by atoms with E-state index in [1.807, 2.05) is 5.38 Å². The topological polar surface area (TPSA) is 84.6 Å². The smallest absolute Gasteiger partial charge is 0.267 e. The van der Waals surface area contributed by atoms with E-state index in [9.17, 15) is 14.9 Å². The van der Waals surface area contributed by atoms with Crippen molar-refractivity contribution in [2.45, 2.75) is 25.7 Å². The van der Waals surface area contributed by atoms with Crippen LogP contribution in [0.3, 0.4) is 0 Å². The molecule has 0 spiro atoms. The number of hydrogen-bond acceptors (Lipinski definition) is 5. The van der Waals surface area contributed by atoms with Crippen molar-refractivity contribution in [1.82, 2.24) is 5.43 Å². The number of fused-ring (bicyclic) bond motifs is 1. The molecule has 2 aromatic rings. The van der Waals surface area contributed by atoms with E-state index in [0.717, 1.165) is 24.8 Å². The second kappa shape index (κ2) is 6.70. The van der Waals surface area contributed by atoms with Gasteiger partial charge in [0.15, 0.2) is 0 Å². The van der Waals surface area contributed by atoms with Gasteiger partial charge in [0.25, 0.3) is 11.6 Å². The van der Waals surface area contributed by atoms with Gasteiger partial charge in [0.1, 0.15) is 0 Å². The number of aryl methyl sites for hydroxylation is 1. The first-order valence-electron chi connectivity index (χ1n) is 7.32. The van der Waals surface area contributed by atoms with E-state index in [2.05, 4.69) is 10.5 Å². The molecule has 1 amide bonds. The zero-order chi connectivity index (χ0) is 16.2. The molecule has 1 aromatic carbocycles. The Balaban J connectivity index is 1.68. The minimum Gasteiger partial charge on any atom is -0.267 e. The maximum Gasteiger partial charge on any atom is 0.272 e. The predicted octanol–water partition coefficient (Wildman–Crippen LogP) is 3.30. The van der Waals surface area contributed by atoms with Gasteiger partial charge in [-0.3, -0.25) is 14.9 Å². The van der Waals surface area contributed by atoms with Gasteiger partial charge >= 0.3 is 0 Å². The zero-order valence-corrected chi connectivity index (χ0v) is 13.1. The lowest BCUT2D eigenvalue weighted by Gasteiger charge is -2.11. The predicted molar refractivity (Wildman–Crippen MR) is 89.1 cm³/mol. The molecule has 0 radical (unpaired) electrons. The fourth-order valence-corrected chi connectivity index (χ4v) is 3.75. The fraction of sp³-hybridized carbons (Fsp3) is 0.250. The maximum atomic E-state index is 12.2. The molecule has 1 aliphatic carbocycles. The Kier molecular flexibility index (Phi) is 4.47. The van der Waals surface area contributed by atoms with Crippen LogP contribution in [0.1, 0.15) is 39.2 Å². The number of benzene rings is 1. The van der Waals surface area contributed by atoms with Crippen LogP contribution in [0.15, 0.2) is 34.7 Å². The number of nitro benzene ring substituents is 1. The highest BCUT2D eigenvalue weighted by atomic mass is 32.1. The third-order valence-corrected chi connectivity index (χ3v) is 4.86. The van der Waals surface area contributed by atoms with Gasteiger partial charge in [-0.1, -0.05) is 12.1 Å². The highest BCUT2D eigenvalue weighted by Crippen LogP contribution is 2.30. The van der Waals surface area contributed by atoms with E-state index >= 15 is 0 Å². The number of non-ortho nitro benzene ring substituents is 1. The molecule has 7 heteroatoms. The van der Waals surface area contributed by atoms with Crippen LogP contribution >= 0.6 is 11.3 Å². The second-order valence-electron chi connectivity index (χ2n) is 5.31. The van der Waals surface area contributed by atoms with Crippen molar-refractivity contribution in [1.29, 1.82) is 0 Å². The van der Waals surface area contributed by atoms with Crippen molar-refractivity contribution in [2.24, 2.45) is 5.10 Å². The van der Waals surface area contributed by atoms with Crippen LogP contribution in [0.2, 0.25) is 0 Å². The standard InChI is InChI=1S/C16H15N3O3S/c20-16(14-10-23-15-7-2-1-6-13(14)15)18-17-9-11-4-3-5-12(8-11)19(21)22/h3-5,8-10H,1-2,6-7H2,(H,18,20). The number of carbonyl (C=O) groups is 1. The molecular formula is C16H15N3O3S. The minimum absolute atomic E-state index is 0.00724. The number of rotatable bonds is 4.